The highest BCUT2D eigenvalue weighted by Gasteiger charge is 2.31. The molecule has 3 aromatic heterocycles. The lowest BCUT2D eigenvalue weighted by molar-refractivity contribution is -0.137. The summed E-state index contributed by atoms with van der Waals surface area (Å²) in [5, 5.41) is 18.3. The Hall–Kier alpha value is -5.28. The van der Waals surface area contributed by atoms with Crippen molar-refractivity contribution < 1.29 is 21.6 Å². The van der Waals surface area contributed by atoms with Gasteiger partial charge in [0, 0.05) is 30.0 Å². The maximum atomic E-state index is 13.7. The highest BCUT2D eigenvalue weighted by Crippen LogP contribution is 2.38. The Bertz CT molecular complexity index is 2180. The molecule has 8 nitrogen and oxygen atoms in total. The average Bonchev–Trinajstić information content (AvgIpc) is 3.63. The van der Waals surface area contributed by atoms with Gasteiger partial charge in [-0.25, -0.2) is 22.6 Å². The first-order chi connectivity index (χ1) is 20.9. The summed E-state index contributed by atoms with van der Waals surface area (Å²) >= 11 is 0. The van der Waals surface area contributed by atoms with Gasteiger partial charge in [0.05, 0.1) is 39.7 Å². The van der Waals surface area contributed by atoms with Crippen molar-refractivity contribution in [3.05, 3.63) is 119 Å². The molecule has 0 radical (unpaired) electrons. The largest absolute Gasteiger partial charge is 0.416 e. The van der Waals surface area contributed by atoms with Gasteiger partial charge >= 0.3 is 6.18 Å². The third kappa shape index (κ3) is 5.45. The van der Waals surface area contributed by atoms with Gasteiger partial charge in [0.1, 0.15) is 0 Å². The van der Waals surface area contributed by atoms with Crippen molar-refractivity contribution in [3.63, 3.8) is 0 Å². The van der Waals surface area contributed by atoms with Crippen molar-refractivity contribution >= 4 is 15.5 Å². The summed E-state index contributed by atoms with van der Waals surface area (Å²) in [6.07, 6.45) is 0.249. The smallest absolute Gasteiger partial charge is 0.233 e. The lowest BCUT2D eigenvalue weighted by Gasteiger charge is -2.16. The highest BCUT2D eigenvalue weighted by molar-refractivity contribution is 7.90. The number of sulfone groups is 1. The zero-order chi connectivity index (χ0) is 31.2. The predicted octanol–water partition coefficient (Wildman–Crippen LogP) is 6.44. The van der Waals surface area contributed by atoms with E-state index in [-0.39, 0.29) is 11.3 Å². The molecule has 0 aliphatic carbocycles. The molecule has 3 aromatic carbocycles. The second-order valence-corrected chi connectivity index (χ2v) is 12.3. The molecule has 0 unspecified atom stereocenters. The van der Waals surface area contributed by atoms with Crippen molar-refractivity contribution in [2.45, 2.75) is 24.4 Å². The molecule has 0 saturated heterocycles. The van der Waals surface area contributed by atoms with Crippen LogP contribution in [-0.4, -0.2) is 39.1 Å². The average molecular weight is 613 g/mol. The van der Waals surface area contributed by atoms with E-state index in [9.17, 15) is 26.9 Å². The maximum absolute atomic E-state index is 13.7. The number of aromatic nitrogens is 5. The van der Waals surface area contributed by atoms with E-state index in [1.54, 1.807) is 70.1 Å². The van der Waals surface area contributed by atoms with Crippen LogP contribution in [0, 0.1) is 18.3 Å². The Labute approximate surface area is 250 Å². The van der Waals surface area contributed by atoms with Gasteiger partial charge in [0.15, 0.2) is 21.3 Å². The fraction of sp³-hybridized carbons (Fsp3) is 0.125. The molecule has 44 heavy (non-hydrogen) atoms. The molecule has 0 atom stereocenters. The Morgan fingerprint density at radius 1 is 0.977 bits per heavy atom. The van der Waals surface area contributed by atoms with Gasteiger partial charge in [0.2, 0.25) is 0 Å². The minimum Gasteiger partial charge on any atom is -0.233 e. The standard InChI is InChI=1S/C32H23F3N6O2S/c1-20-27(28-14-15-37-41(28)25-10-6-22(18-36)7-11-25)19-40-31(30(20)23-4-3-5-24(17-23)32(33,34)35)38-29(39-40)16-21-8-12-26(13-9-21)44(2,42)43/h3-15,17,19H,16H2,1-2H3. The molecule has 0 aliphatic heterocycles. The fourth-order valence-corrected chi connectivity index (χ4v) is 5.74. The second kappa shape index (κ2) is 10.8. The zero-order valence-electron chi connectivity index (χ0n) is 23.4. The van der Waals surface area contributed by atoms with Gasteiger partial charge in [0.25, 0.3) is 0 Å². The number of pyridine rings is 1. The molecular formula is C32H23F3N6O2S. The van der Waals surface area contributed by atoms with Crippen LogP contribution in [0.5, 0.6) is 0 Å². The van der Waals surface area contributed by atoms with Gasteiger partial charge in [-0.3, -0.25) is 0 Å². The topological polar surface area (TPSA) is 106 Å². The molecule has 220 valence electrons. The van der Waals surface area contributed by atoms with Crippen LogP contribution >= 0.6 is 0 Å². The summed E-state index contributed by atoms with van der Waals surface area (Å²) in [5.41, 5.74) is 4.35. The lowest BCUT2D eigenvalue weighted by atomic mass is 9.95. The second-order valence-electron chi connectivity index (χ2n) is 10.3. The van der Waals surface area contributed by atoms with E-state index in [4.69, 9.17) is 4.98 Å². The van der Waals surface area contributed by atoms with Gasteiger partial charge in [-0.2, -0.15) is 28.6 Å². The van der Waals surface area contributed by atoms with Crippen LogP contribution in [0.25, 0.3) is 33.7 Å². The van der Waals surface area contributed by atoms with Crippen LogP contribution in [0.3, 0.4) is 0 Å². The van der Waals surface area contributed by atoms with Crippen molar-refractivity contribution in [2.75, 3.05) is 6.26 Å². The molecule has 0 aliphatic rings. The summed E-state index contributed by atoms with van der Waals surface area (Å²) in [7, 11) is -3.36. The van der Waals surface area contributed by atoms with E-state index in [2.05, 4.69) is 16.3 Å². The van der Waals surface area contributed by atoms with Crippen LogP contribution in [0.4, 0.5) is 13.2 Å². The Morgan fingerprint density at radius 2 is 1.70 bits per heavy atom. The Kier molecular flexibility index (Phi) is 7.05. The molecule has 3 heterocycles. The van der Waals surface area contributed by atoms with E-state index in [0.717, 1.165) is 24.0 Å². The molecular weight excluding hydrogens is 589 g/mol. The summed E-state index contributed by atoms with van der Waals surface area (Å²) in [4.78, 5) is 4.92. The Balaban J connectivity index is 1.53. The quantitative estimate of drug-likeness (QED) is 0.214. The minimum atomic E-state index is -4.54. The van der Waals surface area contributed by atoms with E-state index < -0.39 is 21.6 Å². The molecule has 0 saturated carbocycles. The van der Waals surface area contributed by atoms with E-state index in [0.29, 0.717) is 50.7 Å². The van der Waals surface area contributed by atoms with E-state index in [1.165, 1.54) is 18.2 Å². The molecule has 6 aromatic rings. The molecule has 6 rings (SSSR count). The summed E-state index contributed by atoms with van der Waals surface area (Å²) in [5.74, 6) is 0.405. The van der Waals surface area contributed by atoms with Gasteiger partial charge in [-0.05, 0) is 78.2 Å². The third-order valence-electron chi connectivity index (χ3n) is 7.28. The van der Waals surface area contributed by atoms with Crippen LogP contribution in [0.2, 0.25) is 0 Å². The molecule has 12 heteroatoms. The van der Waals surface area contributed by atoms with Crippen LogP contribution in [0.15, 0.2) is 96.2 Å². The monoisotopic (exact) mass is 612 g/mol. The van der Waals surface area contributed by atoms with E-state index in [1.807, 2.05) is 6.92 Å². The van der Waals surface area contributed by atoms with Crippen LogP contribution in [0.1, 0.15) is 28.1 Å². The van der Waals surface area contributed by atoms with E-state index >= 15 is 0 Å². The van der Waals surface area contributed by atoms with Gasteiger partial charge in [-0.15, -0.1) is 0 Å². The number of nitrogens with zero attached hydrogens (tertiary/aromatic N) is 6. The molecule has 0 spiro atoms. The fourth-order valence-electron chi connectivity index (χ4n) is 5.11. The number of benzene rings is 3. The normalized spacial score (nSPS) is 12.0. The molecule has 0 fully saturated rings. The van der Waals surface area contributed by atoms with Crippen LogP contribution < -0.4 is 0 Å². The van der Waals surface area contributed by atoms with Crippen molar-refractivity contribution in [1.82, 2.24) is 24.4 Å². The molecule has 0 N–H and O–H groups in total. The summed E-state index contributed by atoms with van der Waals surface area (Å²) in [6, 6.07) is 22.3. The van der Waals surface area contributed by atoms with Crippen LogP contribution in [-0.2, 0) is 22.4 Å². The van der Waals surface area contributed by atoms with Crippen molar-refractivity contribution in [3.8, 4) is 34.1 Å². The van der Waals surface area contributed by atoms with Gasteiger partial charge < -0.3 is 0 Å². The Morgan fingerprint density at radius 3 is 2.36 bits per heavy atom. The number of nitriles is 1. The maximum Gasteiger partial charge on any atom is 0.416 e. The minimum absolute atomic E-state index is 0.190. The number of rotatable bonds is 6. The highest BCUT2D eigenvalue weighted by atomic mass is 32.2. The molecule has 0 bridgehead atoms. The number of hydrogen-bond acceptors (Lipinski definition) is 6. The zero-order valence-corrected chi connectivity index (χ0v) is 24.2. The predicted molar refractivity (Wildman–Crippen MR) is 158 cm³/mol. The summed E-state index contributed by atoms with van der Waals surface area (Å²) in [6.45, 7) is 1.82. The lowest BCUT2D eigenvalue weighted by Crippen LogP contribution is -2.06. The third-order valence-corrected chi connectivity index (χ3v) is 8.41. The first-order valence-corrected chi connectivity index (χ1v) is 15.2. The SMILES string of the molecule is Cc1c(-c2ccnn2-c2ccc(C#N)cc2)cn2nc(Cc3ccc(S(C)(=O)=O)cc3)nc2c1-c1cccc(C(F)(F)F)c1. The first kappa shape index (κ1) is 28.8. The number of hydrogen-bond donors (Lipinski definition) is 0. The van der Waals surface area contributed by atoms with Crippen molar-refractivity contribution in [1.29, 1.82) is 5.26 Å². The first-order valence-electron chi connectivity index (χ1n) is 13.3. The van der Waals surface area contributed by atoms with Crippen molar-refractivity contribution in [2.24, 2.45) is 0 Å². The number of halogens is 3. The van der Waals surface area contributed by atoms with Gasteiger partial charge in [-0.1, -0.05) is 24.3 Å². The summed E-state index contributed by atoms with van der Waals surface area (Å²) < 4.78 is 68.2. The number of alkyl halides is 3. The molecule has 0 amide bonds. The number of fused-ring (bicyclic) bond motifs is 1.